The van der Waals surface area contributed by atoms with Gasteiger partial charge in [0.25, 0.3) is 0 Å². The summed E-state index contributed by atoms with van der Waals surface area (Å²) in [5.74, 6) is 0. The molecule has 0 aromatic heterocycles. The van der Waals surface area contributed by atoms with E-state index in [-0.39, 0.29) is 5.66 Å². The summed E-state index contributed by atoms with van der Waals surface area (Å²) >= 11 is 0. The molecule has 0 aromatic carbocycles. The summed E-state index contributed by atoms with van der Waals surface area (Å²) in [5.41, 5.74) is -0.369. The molecule has 1 saturated carbocycles. The summed E-state index contributed by atoms with van der Waals surface area (Å²) in [6, 6.07) is 0. The fourth-order valence-corrected chi connectivity index (χ4v) is 3.52. The first-order chi connectivity index (χ1) is 7.61. The Hall–Kier alpha value is 0.150. The molecule has 0 amide bonds. The molecule has 3 nitrogen and oxygen atoms in total. The van der Waals surface area contributed by atoms with Gasteiger partial charge in [-0.25, -0.2) is 0 Å². The molecule has 0 saturated heterocycles. The van der Waals surface area contributed by atoms with Crippen molar-refractivity contribution in [3.63, 3.8) is 0 Å². The van der Waals surface area contributed by atoms with Crippen LogP contribution in [0.2, 0.25) is 0 Å². The maximum Gasteiger partial charge on any atom is 0.328 e. The minimum atomic E-state index is -3.85. The average Bonchev–Trinajstić information content (AvgIpc) is 2.16. The first kappa shape index (κ1) is 14.2. The summed E-state index contributed by atoms with van der Waals surface area (Å²) in [5, 5.41) is 0. The lowest BCUT2D eigenvalue weighted by Gasteiger charge is -2.18. The van der Waals surface area contributed by atoms with Crippen molar-refractivity contribution in [1.29, 1.82) is 0 Å². The molecule has 1 aliphatic rings. The average molecular weight is 248 g/mol. The van der Waals surface area contributed by atoms with Crippen molar-refractivity contribution in [2.24, 2.45) is 0 Å². The van der Waals surface area contributed by atoms with Crippen LogP contribution in [0.1, 0.15) is 70.6 Å². The maximum atomic E-state index is 11.3. The molecule has 4 heteroatoms. The molecular formula is C12H25O3P. The van der Waals surface area contributed by atoms with Crippen LogP contribution in [0.4, 0.5) is 0 Å². The molecule has 1 fully saturated rings. The Kier molecular flexibility index (Phi) is 6.64. The summed E-state index contributed by atoms with van der Waals surface area (Å²) < 4.78 is 11.3. The highest BCUT2D eigenvalue weighted by atomic mass is 31.2. The summed E-state index contributed by atoms with van der Waals surface area (Å²) in [7, 11) is -3.85. The summed E-state index contributed by atoms with van der Waals surface area (Å²) in [4.78, 5) is 18.5. The van der Waals surface area contributed by atoms with Gasteiger partial charge >= 0.3 is 7.60 Å². The molecule has 16 heavy (non-hydrogen) atoms. The molecule has 0 atom stereocenters. The Morgan fingerprint density at radius 1 is 0.688 bits per heavy atom. The van der Waals surface area contributed by atoms with Crippen molar-refractivity contribution in [3.8, 4) is 0 Å². The van der Waals surface area contributed by atoms with Gasteiger partial charge in [-0.1, -0.05) is 57.8 Å². The highest BCUT2D eigenvalue weighted by molar-refractivity contribution is 7.52. The van der Waals surface area contributed by atoms with Crippen LogP contribution < -0.4 is 0 Å². The summed E-state index contributed by atoms with van der Waals surface area (Å²) in [6.45, 7) is 0. The maximum absolute atomic E-state index is 11.3. The SMILES string of the molecule is O=P(O)(O)C1CCCCCCCCCCC1. The second kappa shape index (κ2) is 7.47. The third-order valence-corrected chi connectivity index (χ3v) is 5.02. The normalized spacial score (nSPS) is 23.4. The highest BCUT2D eigenvalue weighted by Gasteiger charge is 2.27. The van der Waals surface area contributed by atoms with Crippen LogP contribution in [0.5, 0.6) is 0 Å². The molecular weight excluding hydrogens is 223 g/mol. The standard InChI is InChI=1S/C12H25O3P/c13-16(14,15)12-10-8-6-4-2-1-3-5-7-9-11-12/h12H,1-11H2,(H2,13,14,15). The van der Waals surface area contributed by atoms with E-state index in [0.29, 0.717) is 12.8 Å². The molecule has 1 rings (SSSR count). The quantitative estimate of drug-likeness (QED) is 0.693. The molecule has 0 unspecified atom stereocenters. The predicted molar refractivity (Wildman–Crippen MR) is 66.6 cm³/mol. The van der Waals surface area contributed by atoms with Crippen molar-refractivity contribution >= 4 is 7.60 Å². The molecule has 1 aliphatic carbocycles. The van der Waals surface area contributed by atoms with E-state index in [1.807, 2.05) is 0 Å². The van der Waals surface area contributed by atoms with Crippen LogP contribution in [0, 0.1) is 0 Å². The van der Waals surface area contributed by atoms with E-state index < -0.39 is 7.60 Å². The van der Waals surface area contributed by atoms with Crippen molar-refractivity contribution in [2.45, 2.75) is 76.3 Å². The van der Waals surface area contributed by atoms with Crippen molar-refractivity contribution in [3.05, 3.63) is 0 Å². The van der Waals surface area contributed by atoms with Gasteiger partial charge in [0.1, 0.15) is 0 Å². The zero-order valence-electron chi connectivity index (χ0n) is 10.1. The molecule has 0 radical (unpaired) electrons. The Labute approximate surface area is 98.8 Å². The van der Waals surface area contributed by atoms with Gasteiger partial charge in [0.15, 0.2) is 0 Å². The Morgan fingerprint density at radius 2 is 1.00 bits per heavy atom. The van der Waals surface area contributed by atoms with Crippen LogP contribution in [-0.4, -0.2) is 15.4 Å². The van der Waals surface area contributed by atoms with Gasteiger partial charge in [-0.2, -0.15) is 0 Å². The minimum absolute atomic E-state index is 0.369. The van der Waals surface area contributed by atoms with Crippen LogP contribution in [0.25, 0.3) is 0 Å². The smallest absolute Gasteiger partial charge is 0.324 e. The second-order valence-corrected chi connectivity index (χ2v) is 6.91. The Morgan fingerprint density at radius 3 is 1.31 bits per heavy atom. The second-order valence-electron chi connectivity index (χ2n) is 5.00. The largest absolute Gasteiger partial charge is 0.328 e. The van der Waals surface area contributed by atoms with Crippen LogP contribution in [0.3, 0.4) is 0 Å². The van der Waals surface area contributed by atoms with Crippen molar-refractivity contribution in [2.75, 3.05) is 0 Å². The molecule has 0 aliphatic heterocycles. The highest BCUT2D eigenvalue weighted by Crippen LogP contribution is 2.46. The van der Waals surface area contributed by atoms with Crippen LogP contribution in [-0.2, 0) is 4.57 Å². The van der Waals surface area contributed by atoms with E-state index in [1.165, 1.54) is 32.1 Å². The zero-order chi connectivity index (χ0) is 11.9. The van der Waals surface area contributed by atoms with E-state index in [1.54, 1.807) is 0 Å². The minimum Gasteiger partial charge on any atom is -0.324 e. The number of rotatable bonds is 1. The van der Waals surface area contributed by atoms with Gasteiger partial charge in [-0.3, -0.25) is 4.57 Å². The van der Waals surface area contributed by atoms with Gasteiger partial charge in [0.2, 0.25) is 0 Å². The number of hydrogen-bond donors (Lipinski definition) is 2. The third kappa shape index (κ3) is 6.03. The van der Waals surface area contributed by atoms with E-state index in [9.17, 15) is 14.4 Å². The van der Waals surface area contributed by atoms with E-state index in [0.717, 1.165) is 25.7 Å². The molecule has 96 valence electrons. The fraction of sp³-hybridized carbons (Fsp3) is 1.00. The molecule has 0 heterocycles. The van der Waals surface area contributed by atoms with Crippen LogP contribution in [0.15, 0.2) is 0 Å². The van der Waals surface area contributed by atoms with E-state index in [2.05, 4.69) is 0 Å². The van der Waals surface area contributed by atoms with Gasteiger partial charge in [-0.05, 0) is 12.8 Å². The lowest BCUT2D eigenvalue weighted by atomic mass is 10.0. The monoisotopic (exact) mass is 248 g/mol. The lowest BCUT2D eigenvalue weighted by molar-refractivity contribution is 0.344. The molecule has 0 bridgehead atoms. The first-order valence-electron chi connectivity index (χ1n) is 6.66. The van der Waals surface area contributed by atoms with Gasteiger partial charge < -0.3 is 9.79 Å². The topological polar surface area (TPSA) is 57.5 Å². The van der Waals surface area contributed by atoms with Gasteiger partial charge in [0, 0.05) is 0 Å². The van der Waals surface area contributed by atoms with E-state index in [4.69, 9.17) is 0 Å². The van der Waals surface area contributed by atoms with Crippen LogP contribution >= 0.6 is 7.60 Å². The van der Waals surface area contributed by atoms with Gasteiger partial charge in [-0.15, -0.1) is 0 Å². The zero-order valence-corrected chi connectivity index (χ0v) is 11.0. The van der Waals surface area contributed by atoms with Crippen molar-refractivity contribution < 1.29 is 14.4 Å². The van der Waals surface area contributed by atoms with Gasteiger partial charge in [0.05, 0.1) is 5.66 Å². The first-order valence-corrected chi connectivity index (χ1v) is 8.34. The summed E-state index contributed by atoms with van der Waals surface area (Å²) in [6.07, 6.45) is 12.0. The Balaban J connectivity index is 2.39. The molecule has 0 aromatic rings. The molecule has 2 N–H and O–H groups in total. The van der Waals surface area contributed by atoms with E-state index >= 15 is 0 Å². The third-order valence-electron chi connectivity index (χ3n) is 3.55. The fourth-order valence-electron chi connectivity index (χ4n) is 2.48. The predicted octanol–water partition coefficient (Wildman–Crippen LogP) is 3.84. The lowest BCUT2D eigenvalue weighted by Crippen LogP contribution is -2.09. The van der Waals surface area contributed by atoms with Crippen molar-refractivity contribution in [1.82, 2.24) is 0 Å². The number of hydrogen-bond acceptors (Lipinski definition) is 1. The Bertz CT molecular complexity index is 212. The molecule has 0 spiro atoms.